The van der Waals surface area contributed by atoms with Crippen LogP contribution in [0.3, 0.4) is 0 Å². The summed E-state index contributed by atoms with van der Waals surface area (Å²) < 4.78 is 38.9. The van der Waals surface area contributed by atoms with Crippen molar-refractivity contribution < 1.29 is 88.7 Å². The van der Waals surface area contributed by atoms with E-state index in [2.05, 4.69) is 0 Å². The summed E-state index contributed by atoms with van der Waals surface area (Å²) >= 11 is 0. The van der Waals surface area contributed by atoms with Crippen LogP contribution in [0.2, 0.25) is 0 Å². The highest BCUT2D eigenvalue weighted by molar-refractivity contribution is 5.89. The molecule has 300 valence electrons. The lowest BCUT2D eigenvalue weighted by atomic mass is 9.99. The van der Waals surface area contributed by atoms with E-state index in [1.165, 1.54) is 55.7 Å². The van der Waals surface area contributed by atoms with E-state index in [9.17, 15) is 60.7 Å². The first kappa shape index (κ1) is 40.2. The summed E-state index contributed by atoms with van der Waals surface area (Å²) in [6.07, 6.45) is -15.0. The van der Waals surface area contributed by atoms with E-state index in [-0.39, 0.29) is 34.1 Å². The number of phenolic OH excluding ortho intramolecular Hbond substituents is 3. The Labute approximate surface area is 315 Å². The van der Waals surface area contributed by atoms with E-state index in [1.807, 2.05) is 0 Å². The Kier molecular flexibility index (Phi) is 12.0. The molecule has 0 saturated carbocycles. The Bertz CT molecular complexity index is 2110. The molecule has 0 amide bonds. The molecule has 3 heterocycles. The summed E-state index contributed by atoms with van der Waals surface area (Å²) in [5, 5.41) is 103. The second-order valence-electron chi connectivity index (χ2n) is 12.8. The number of hydrogen-bond donors (Lipinski definition) is 10. The van der Waals surface area contributed by atoms with E-state index in [0.29, 0.717) is 5.56 Å². The van der Waals surface area contributed by atoms with Crippen LogP contribution < -0.4 is 19.6 Å². The number of aliphatic hydroxyl groups is 7. The first-order valence-corrected chi connectivity index (χ1v) is 16.9. The van der Waals surface area contributed by atoms with Crippen LogP contribution in [0.4, 0.5) is 0 Å². The van der Waals surface area contributed by atoms with Gasteiger partial charge in [-0.3, -0.25) is 4.79 Å². The fourth-order valence-corrected chi connectivity index (χ4v) is 5.97. The SMILES string of the molecule is COc1cc(-c2oc3cc(O[C@@H]4O[C@@H](CO)[C@H](O)[C@@H](O)[C@H]4O)cc(O)c3c(=O)c2O[C@H]2O[C@@H](COC(=O)C=Cc3ccc(O)cc3)[C@H](O)[C@@H](O)[C@@H]2O)ccc1O. The van der Waals surface area contributed by atoms with Crippen LogP contribution in [0.5, 0.6) is 34.5 Å². The second-order valence-corrected chi connectivity index (χ2v) is 12.8. The number of esters is 1. The zero-order valence-electron chi connectivity index (χ0n) is 29.2. The summed E-state index contributed by atoms with van der Waals surface area (Å²) in [5.74, 6) is -3.37. The third kappa shape index (κ3) is 8.21. The minimum Gasteiger partial charge on any atom is -0.508 e. The number of aromatic hydroxyl groups is 3. The van der Waals surface area contributed by atoms with Crippen molar-refractivity contribution in [2.75, 3.05) is 20.3 Å². The Morgan fingerprint density at radius 3 is 2.07 bits per heavy atom. The van der Waals surface area contributed by atoms with Crippen molar-refractivity contribution in [3.8, 4) is 45.8 Å². The molecule has 19 nitrogen and oxygen atoms in total. The van der Waals surface area contributed by atoms with Gasteiger partial charge < -0.3 is 83.9 Å². The fraction of sp³-hybridized carbons (Fsp3) is 0.351. The lowest BCUT2D eigenvalue weighted by molar-refractivity contribution is -0.278. The highest BCUT2D eigenvalue weighted by Gasteiger charge is 2.47. The maximum atomic E-state index is 14.1. The van der Waals surface area contributed by atoms with Gasteiger partial charge in [-0.2, -0.15) is 0 Å². The predicted octanol–water partition coefficient (Wildman–Crippen LogP) is -0.793. The quantitative estimate of drug-likeness (QED) is 0.0658. The van der Waals surface area contributed by atoms with Gasteiger partial charge in [-0.05, 0) is 42.0 Å². The Balaban J connectivity index is 1.32. The Morgan fingerprint density at radius 1 is 0.768 bits per heavy atom. The van der Waals surface area contributed by atoms with Crippen molar-refractivity contribution in [1.82, 2.24) is 0 Å². The van der Waals surface area contributed by atoms with Crippen LogP contribution >= 0.6 is 0 Å². The first-order valence-electron chi connectivity index (χ1n) is 16.9. The maximum absolute atomic E-state index is 14.1. The summed E-state index contributed by atoms with van der Waals surface area (Å²) in [4.78, 5) is 26.6. The molecule has 2 saturated heterocycles. The van der Waals surface area contributed by atoms with Gasteiger partial charge in [0, 0.05) is 23.8 Å². The second kappa shape index (κ2) is 16.7. The molecule has 2 aliphatic heterocycles. The summed E-state index contributed by atoms with van der Waals surface area (Å²) in [6, 6.07) is 11.7. The van der Waals surface area contributed by atoms with E-state index in [1.54, 1.807) is 0 Å². The highest BCUT2D eigenvalue weighted by atomic mass is 16.7. The zero-order valence-corrected chi connectivity index (χ0v) is 29.2. The van der Waals surface area contributed by atoms with Gasteiger partial charge in [0.15, 0.2) is 17.3 Å². The third-order valence-electron chi connectivity index (χ3n) is 9.05. The molecule has 0 unspecified atom stereocenters. The molecule has 0 bridgehead atoms. The Hall–Kier alpha value is -5.48. The lowest BCUT2D eigenvalue weighted by Gasteiger charge is -2.39. The van der Waals surface area contributed by atoms with Crippen molar-refractivity contribution in [3.05, 3.63) is 76.5 Å². The molecule has 3 aromatic carbocycles. The van der Waals surface area contributed by atoms with Crippen LogP contribution in [-0.4, -0.2) is 139 Å². The average molecular weight is 787 g/mol. The normalized spacial score (nSPS) is 27.9. The minimum atomic E-state index is -2.01. The van der Waals surface area contributed by atoms with E-state index in [0.717, 1.165) is 18.2 Å². The first-order chi connectivity index (χ1) is 26.7. The number of ether oxygens (including phenoxy) is 6. The lowest BCUT2D eigenvalue weighted by Crippen LogP contribution is -2.60. The molecule has 19 heteroatoms. The van der Waals surface area contributed by atoms with Crippen LogP contribution in [0.1, 0.15) is 5.56 Å². The van der Waals surface area contributed by atoms with Gasteiger partial charge in [-0.25, -0.2) is 4.79 Å². The summed E-state index contributed by atoms with van der Waals surface area (Å²) in [7, 11) is 1.25. The van der Waals surface area contributed by atoms with Crippen LogP contribution in [0, 0.1) is 0 Å². The predicted molar refractivity (Wildman–Crippen MR) is 188 cm³/mol. The van der Waals surface area contributed by atoms with Crippen molar-refractivity contribution in [2.24, 2.45) is 0 Å². The van der Waals surface area contributed by atoms with Gasteiger partial charge in [0.2, 0.25) is 23.8 Å². The molecular weight excluding hydrogens is 748 g/mol. The minimum absolute atomic E-state index is 0.0210. The third-order valence-corrected chi connectivity index (χ3v) is 9.05. The summed E-state index contributed by atoms with van der Waals surface area (Å²) in [5.41, 5.74) is -0.829. The number of carbonyl (C=O) groups excluding carboxylic acids is 1. The number of fused-ring (bicyclic) bond motifs is 1. The van der Waals surface area contributed by atoms with Crippen molar-refractivity contribution in [2.45, 2.75) is 61.4 Å². The van der Waals surface area contributed by atoms with E-state index >= 15 is 0 Å². The fourth-order valence-electron chi connectivity index (χ4n) is 5.97. The molecule has 0 spiro atoms. The van der Waals surface area contributed by atoms with Crippen LogP contribution in [0.25, 0.3) is 28.4 Å². The standard InChI is InChI=1S/C37H38O19/c1-50-21-10-16(5-8-19(21)40)34-35(29(45)26-20(41)11-18(12-22(26)53-34)52-36-32(48)30(46)27(43)23(13-38)54-36)56-37-33(49)31(47)28(44)24(55-37)14-51-25(42)9-4-15-2-6-17(39)7-3-15/h2-12,23-24,27-28,30-33,36-41,43-44,46-49H,13-14H2,1H3/t23-,24-,27-,28-,30+,31+,32+,33-,36+,37+/m0/s1. The van der Waals surface area contributed by atoms with Gasteiger partial charge >= 0.3 is 5.97 Å². The number of methoxy groups -OCH3 is 1. The van der Waals surface area contributed by atoms with Gasteiger partial charge in [-0.1, -0.05) is 12.1 Å². The topological polar surface area (TPSA) is 305 Å². The molecule has 10 N–H and O–H groups in total. The number of aliphatic hydroxyl groups excluding tert-OH is 7. The molecule has 0 aliphatic carbocycles. The van der Waals surface area contributed by atoms with Gasteiger partial charge in [0.05, 0.1) is 13.7 Å². The number of phenols is 3. The summed E-state index contributed by atoms with van der Waals surface area (Å²) in [6.45, 7) is -1.40. The van der Waals surface area contributed by atoms with Crippen molar-refractivity contribution >= 4 is 23.0 Å². The number of carbonyl (C=O) groups is 1. The molecule has 0 radical (unpaired) electrons. The van der Waals surface area contributed by atoms with Gasteiger partial charge in [0.25, 0.3) is 0 Å². The van der Waals surface area contributed by atoms with E-state index in [4.69, 9.17) is 32.8 Å². The Morgan fingerprint density at radius 2 is 1.41 bits per heavy atom. The number of hydrogen-bond acceptors (Lipinski definition) is 19. The monoisotopic (exact) mass is 786 g/mol. The van der Waals surface area contributed by atoms with Crippen LogP contribution in [-0.2, 0) is 19.0 Å². The zero-order chi connectivity index (χ0) is 40.4. The largest absolute Gasteiger partial charge is 0.508 e. The highest BCUT2D eigenvalue weighted by Crippen LogP contribution is 2.40. The van der Waals surface area contributed by atoms with Crippen LogP contribution in [0.15, 0.2) is 69.9 Å². The molecule has 56 heavy (non-hydrogen) atoms. The van der Waals surface area contributed by atoms with Crippen molar-refractivity contribution in [1.29, 1.82) is 0 Å². The average Bonchev–Trinajstić information content (AvgIpc) is 3.18. The molecule has 4 aromatic rings. The molecular formula is C37H38O19. The molecule has 1 aromatic heterocycles. The van der Waals surface area contributed by atoms with Gasteiger partial charge in [-0.15, -0.1) is 0 Å². The van der Waals surface area contributed by atoms with E-state index < -0.39 is 109 Å². The maximum Gasteiger partial charge on any atom is 0.330 e. The molecule has 2 aliphatic rings. The number of benzene rings is 3. The molecule has 2 fully saturated rings. The smallest absolute Gasteiger partial charge is 0.330 e. The molecule has 10 atom stereocenters. The number of rotatable bonds is 11. The molecule has 6 rings (SSSR count). The van der Waals surface area contributed by atoms with Gasteiger partial charge in [0.1, 0.15) is 83.7 Å². The van der Waals surface area contributed by atoms with Crippen molar-refractivity contribution in [3.63, 3.8) is 0 Å².